The fourth-order valence-electron chi connectivity index (χ4n) is 4.94. The van der Waals surface area contributed by atoms with Crippen LogP contribution in [-0.4, -0.2) is 23.5 Å². The van der Waals surface area contributed by atoms with Gasteiger partial charge in [0.15, 0.2) is 0 Å². The van der Waals surface area contributed by atoms with E-state index < -0.39 is 0 Å². The molecule has 3 heteroatoms. The van der Waals surface area contributed by atoms with Gasteiger partial charge in [-0.2, -0.15) is 10.5 Å². The van der Waals surface area contributed by atoms with E-state index in [2.05, 4.69) is 43.1 Å². The molecule has 0 bridgehead atoms. The van der Waals surface area contributed by atoms with E-state index >= 15 is 0 Å². The lowest BCUT2D eigenvalue weighted by Crippen LogP contribution is -2.23. The third-order valence-electron chi connectivity index (χ3n) is 6.64. The van der Waals surface area contributed by atoms with Crippen LogP contribution in [-0.2, 0) is 19.4 Å². The van der Waals surface area contributed by atoms with Crippen LogP contribution in [0.4, 0.5) is 0 Å². The summed E-state index contributed by atoms with van der Waals surface area (Å²) >= 11 is 0. The van der Waals surface area contributed by atoms with E-state index in [0.29, 0.717) is 23.2 Å². The molecular weight excluding hydrogens is 412 g/mol. The van der Waals surface area contributed by atoms with E-state index in [4.69, 9.17) is 9.47 Å². The highest BCUT2D eigenvalue weighted by atomic mass is 32.2. The maximum Gasteiger partial charge on any atom is 0.120 e. The number of hydrogen-bond acceptors (Lipinski definition) is 2. The standard InChI is InChI=1S/C29H32O2S/c1-21-17-27(31-26-13-15-32(2)16-14-26)19-24-8-6-7-23-12-11-22(18-28(23)29(21)24)20-30-25-9-4-3-5-10-25/h3-5,9-12,17-19,26H,2,6-8,13-16,20H2,1H3. The van der Waals surface area contributed by atoms with Crippen LogP contribution >= 0.6 is 10.5 Å². The van der Waals surface area contributed by atoms with E-state index in [-0.39, 0.29) is 0 Å². The first-order chi connectivity index (χ1) is 15.7. The summed E-state index contributed by atoms with van der Waals surface area (Å²) in [4.78, 5) is 0. The van der Waals surface area contributed by atoms with E-state index in [1.807, 2.05) is 30.3 Å². The summed E-state index contributed by atoms with van der Waals surface area (Å²) in [6.45, 7) is 2.82. The van der Waals surface area contributed by atoms with Crippen molar-refractivity contribution in [1.29, 1.82) is 0 Å². The van der Waals surface area contributed by atoms with Gasteiger partial charge < -0.3 is 9.47 Å². The Morgan fingerprint density at radius 3 is 2.50 bits per heavy atom. The molecule has 0 amide bonds. The minimum Gasteiger partial charge on any atom is -0.490 e. The Labute approximate surface area is 194 Å². The lowest BCUT2D eigenvalue weighted by molar-refractivity contribution is 0.192. The molecule has 32 heavy (non-hydrogen) atoms. The van der Waals surface area contributed by atoms with Crippen molar-refractivity contribution in [2.75, 3.05) is 11.5 Å². The number of rotatable bonds is 5. The fraction of sp³-hybridized carbons (Fsp3) is 0.345. The molecule has 0 saturated carbocycles. The SMILES string of the molecule is C=S1CCC(Oc2cc(C)c3c(c2)CCCc2ccc(COc4ccccc4)cc2-3)CC1. The van der Waals surface area contributed by atoms with Crippen molar-refractivity contribution in [3.05, 3.63) is 82.9 Å². The Balaban J connectivity index is 1.41. The summed E-state index contributed by atoms with van der Waals surface area (Å²) in [5.74, 6) is 8.61. The molecule has 2 aliphatic rings. The van der Waals surface area contributed by atoms with Crippen LogP contribution in [0.15, 0.2) is 60.7 Å². The van der Waals surface area contributed by atoms with Crippen LogP contribution in [0.1, 0.15) is 41.5 Å². The molecule has 0 N–H and O–H groups in total. The Hall–Kier alpha value is -2.52. The molecule has 1 saturated heterocycles. The molecule has 0 spiro atoms. The van der Waals surface area contributed by atoms with E-state index in [1.54, 1.807) is 0 Å². The molecule has 1 fully saturated rings. The van der Waals surface area contributed by atoms with Gasteiger partial charge in [0.25, 0.3) is 0 Å². The zero-order valence-corrected chi connectivity index (χ0v) is 19.8. The summed E-state index contributed by atoms with van der Waals surface area (Å²) in [6, 6.07) is 21.5. The Kier molecular flexibility index (Phi) is 6.36. The van der Waals surface area contributed by atoms with Crippen LogP contribution in [0.25, 0.3) is 11.1 Å². The molecule has 1 aliphatic carbocycles. The normalized spacial score (nSPS) is 20.0. The molecule has 2 nitrogen and oxygen atoms in total. The molecule has 0 radical (unpaired) electrons. The smallest absolute Gasteiger partial charge is 0.120 e. The van der Waals surface area contributed by atoms with Crippen molar-refractivity contribution in [1.82, 2.24) is 0 Å². The second kappa shape index (κ2) is 9.54. The van der Waals surface area contributed by atoms with Gasteiger partial charge in [-0.05, 0) is 114 Å². The largest absolute Gasteiger partial charge is 0.490 e. The number of benzene rings is 3. The maximum atomic E-state index is 6.45. The molecule has 166 valence electrons. The van der Waals surface area contributed by atoms with Crippen molar-refractivity contribution >= 4 is 16.4 Å². The Bertz CT molecular complexity index is 1110. The minimum absolute atomic E-state index is 0.341. The predicted octanol–water partition coefficient (Wildman–Crippen LogP) is 6.97. The lowest BCUT2D eigenvalue weighted by Gasteiger charge is -2.26. The van der Waals surface area contributed by atoms with Crippen molar-refractivity contribution < 1.29 is 9.47 Å². The number of hydrogen-bond donors (Lipinski definition) is 0. The predicted molar refractivity (Wildman–Crippen MR) is 138 cm³/mol. The summed E-state index contributed by atoms with van der Waals surface area (Å²) < 4.78 is 12.5. The van der Waals surface area contributed by atoms with Gasteiger partial charge in [-0.15, -0.1) is 0 Å². The van der Waals surface area contributed by atoms with Crippen LogP contribution in [0, 0.1) is 6.92 Å². The van der Waals surface area contributed by atoms with Crippen molar-refractivity contribution in [2.45, 2.75) is 51.7 Å². The van der Waals surface area contributed by atoms with E-state index in [9.17, 15) is 0 Å². The van der Waals surface area contributed by atoms with Crippen LogP contribution in [0.5, 0.6) is 11.5 Å². The van der Waals surface area contributed by atoms with Crippen LogP contribution < -0.4 is 9.47 Å². The minimum atomic E-state index is 0.341. The Morgan fingerprint density at radius 1 is 0.906 bits per heavy atom. The molecule has 0 aromatic heterocycles. The zero-order valence-electron chi connectivity index (χ0n) is 18.9. The second-order valence-electron chi connectivity index (χ2n) is 9.06. The number of para-hydroxylation sites is 1. The molecule has 3 aromatic rings. The van der Waals surface area contributed by atoms with Gasteiger partial charge in [-0.1, -0.05) is 36.2 Å². The highest BCUT2D eigenvalue weighted by Crippen LogP contribution is 2.39. The first-order valence-electron chi connectivity index (χ1n) is 11.7. The number of aryl methyl sites for hydroxylation is 3. The average molecular weight is 445 g/mol. The summed E-state index contributed by atoms with van der Waals surface area (Å²) in [6.07, 6.45) is 6.01. The number of fused-ring (bicyclic) bond motifs is 3. The maximum absolute atomic E-state index is 6.45. The topological polar surface area (TPSA) is 18.5 Å². The van der Waals surface area contributed by atoms with Crippen molar-refractivity contribution in [3.63, 3.8) is 0 Å². The molecule has 0 unspecified atom stereocenters. The third-order valence-corrected chi connectivity index (χ3v) is 8.26. The zero-order chi connectivity index (χ0) is 21.9. The molecule has 0 atom stereocenters. The average Bonchev–Trinajstić information content (AvgIpc) is 2.99. The molecule has 1 aliphatic heterocycles. The van der Waals surface area contributed by atoms with Crippen LogP contribution in [0.3, 0.4) is 0 Å². The lowest BCUT2D eigenvalue weighted by atomic mass is 9.91. The van der Waals surface area contributed by atoms with Crippen LogP contribution in [0.2, 0.25) is 0 Å². The first kappa shape index (κ1) is 21.3. The van der Waals surface area contributed by atoms with Gasteiger partial charge in [-0.3, -0.25) is 0 Å². The molecule has 3 aromatic carbocycles. The van der Waals surface area contributed by atoms with E-state index in [1.165, 1.54) is 51.3 Å². The van der Waals surface area contributed by atoms with E-state index in [0.717, 1.165) is 37.2 Å². The van der Waals surface area contributed by atoms with Crippen molar-refractivity contribution in [3.8, 4) is 22.6 Å². The Morgan fingerprint density at radius 2 is 1.69 bits per heavy atom. The van der Waals surface area contributed by atoms with Gasteiger partial charge in [-0.25, -0.2) is 0 Å². The second-order valence-corrected chi connectivity index (χ2v) is 11.1. The van der Waals surface area contributed by atoms with Gasteiger partial charge in [0.05, 0.1) is 0 Å². The summed E-state index contributed by atoms with van der Waals surface area (Å²) in [5.41, 5.74) is 8.16. The van der Waals surface area contributed by atoms with Gasteiger partial charge in [0.2, 0.25) is 0 Å². The fourth-order valence-corrected chi connectivity index (χ4v) is 6.34. The van der Waals surface area contributed by atoms with Gasteiger partial charge >= 0.3 is 0 Å². The molecular formula is C29H32O2S. The van der Waals surface area contributed by atoms with Gasteiger partial charge in [0, 0.05) is 0 Å². The van der Waals surface area contributed by atoms with Crippen molar-refractivity contribution in [2.24, 2.45) is 0 Å². The molecule has 1 heterocycles. The quantitative estimate of drug-likeness (QED) is 0.396. The monoisotopic (exact) mass is 444 g/mol. The first-order valence-corrected chi connectivity index (χ1v) is 13.5. The third kappa shape index (κ3) is 4.78. The number of ether oxygens (including phenoxy) is 2. The highest BCUT2D eigenvalue weighted by Gasteiger charge is 2.21. The molecule has 5 rings (SSSR count). The highest BCUT2D eigenvalue weighted by molar-refractivity contribution is 8.14. The summed E-state index contributed by atoms with van der Waals surface area (Å²) in [5, 5.41) is 0. The van der Waals surface area contributed by atoms with Gasteiger partial charge in [0.1, 0.15) is 24.2 Å². The summed E-state index contributed by atoms with van der Waals surface area (Å²) in [7, 11) is 0.341.